The summed E-state index contributed by atoms with van der Waals surface area (Å²) in [6.07, 6.45) is 1.54. The van der Waals surface area contributed by atoms with E-state index in [4.69, 9.17) is 4.42 Å². The number of para-hydroxylation sites is 2. The number of furan rings is 1. The van der Waals surface area contributed by atoms with Crippen LogP contribution in [0.5, 0.6) is 0 Å². The van der Waals surface area contributed by atoms with E-state index in [1.54, 1.807) is 43.5 Å². The van der Waals surface area contributed by atoms with Gasteiger partial charge >= 0.3 is 0 Å². The van der Waals surface area contributed by atoms with Gasteiger partial charge in [0, 0.05) is 0 Å². The van der Waals surface area contributed by atoms with E-state index in [9.17, 15) is 9.59 Å². The van der Waals surface area contributed by atoms with Gasteiger partial charge in [-0.2, -0.15) is 5.10 Å². The SMILES string of the molecule is C/C(=N/NC(=O)CSc1nc2ccccc2c(=O)n1-c1ccccc1)c1ccco1. The Morgan fingerprint density at radius 2 is 1.87 bits per heavy atom. The van der Waals surface area contributed by atoms with Crippen molar-refractivity contribution in [3.05, 3.63) is 89.1 Å². The zero-order chi connectivity index (χ0) is 20.9. The van der Waals surface area contributed by atoms with E-state index < -0.39 is 0 Å². The Bertz CT molecular complexity index is 1260. The molecule has 8 heteroatoms. The van der Waals surface area contributed by atoms with Gasteiger partial charge in [0.2, 0.25) is 0 Å². The Kier molecular flexibility index (Phi) is 5.76. The predicted octanol–water partition coefficient (Wildman–Crippen LogP) is 3.61. The highest BCUT2D eigenvalue weighted by Gasteiger charge is 2.14. The molecule has 1 amide bonds. The van der Waals surface area contributed by atoms with Crippen LogP contribution in [-0.4, -0.2) is 26.9 Å². The normalized spacial score (nSPS) is 11.6. The number of nitrogens with zero attached hydrogens (tertiary/aromatic N) is 3. The smallest absolute Gasteiger partial charge is 0.266 e. The van der Waals surface area contributed by atoms with Crippen molar-refractivity contribution in [3.63, 3.8) is 0 Å². The molecule has 0 fully saturated rings. The second-order valence-electron chi connectivity index (χ2n) is 6.39. The van der Waals surface area contributed by atoms with Gasteiger partial charge in [-0.3, -0.25) is 14.2 Å². The molecule has 0 aliphatic carbocycles. The van der Waals surface area contributed by atoms with Crippen molar-refractivity contribution in [2.24, 2.45) is 5.10 Å². The van der Waals surface area contributed by atoms with Crippen LogP contribution in [0.4, 0.5) is 0 Å². The van der Waals surface area contributed by atoms with Gasteiger partial charge in [-0.1, -0.05) is 42.1 Å². The molecular weight excluding hydrogens is 400 g/mol. The van der Waals surface area contributed by atoms with Crippen molar-refractivity contribution in [1.29, 1.82) is 0 Å². The molecule has 0 atom stereocenters. The average molecular weight is 418 g/mol. The van der Waals surface area contributed by atoms with Gasteiger partial charge in [-0.05, 0) is 43.3 Å². The molecule has 0 radical (unpaired) electrons. The van der Waals surface area contributed by atoms with Crippen LogP contribution < -0.4 is 11.0 Å². The van der Waals surface area contributed by atoms with Crippen LogP contribution in [-0.2, 0) is 4.79 Å². The van der Waals surface area contributed by atoms with E-state index in [0.29, 0.717) is 33.2 Å². The van der Waals surface area contributed by atoms with E-state index in [0.717, 1.165) is 0 Å². The second-order valence-corrected chi connectivity index (χ2v) is 7.33. The molecule has 0 bridgehead atoms. The molecular formula is C22H18N4O3S. The summed E-state index contributed by atoms with van der Waals surface area (Å²) in [5, 5.41) is 5.01. The van der Waals surface area contributed by atoms with Gasteiger partial charge < -0.3 is 4.42 Å². The Morgan fingerprint density at radius 3 is 2.63 bits per heavy atom. The van der Waals surface area contributed by atoms with Crippen LogP contribution in [0.25, 0.3) is 16.6 Å². The molecule has 7 nitrogen and oxygen atoms in total. The highest BCUT2D eigenvalue weighted by molar-refractivity contribution is 7.99. The summed E-state index contributed by atoms with van der Waals surface area (Å²) in [6, 6.07) is 19.9. The van der Waals surface area contributed by atoms with Crippen LogP contribution in [0, 0.1) is 0 Å². The quantitative estimate of drug-likeness (QED) is 0.224. The van der Waals surface area contributed by atoms with Gasteiger partial charge in [0.25, 0.3) is 11.5 Å². The largest absolute Gasteiger partial charge is 0.463 e. The van der Waals surface area contributed by atoms with Gasteiger partial charge in [-0.15, -0.1) is 0 Å². The number of hydrazone groups is 1. The van der Waals surface area contributed by atoms with Crippen molar-refractivity contribution in [2.45, 2.75) is 12.1 Å². The summed E-state index contributed by atoms with van der Waals surface area (Å²) in [5.41, 5.74) is 4.16. The van der Waals surface area contributed by atoms with Crippen LogP contribution in [0.1, 0.15) is 12.7 Å². The Balaban J connectivity index is 1.60. The molecule has 0 saturated heterocycles. The van der Waals surface area contributed by atoms with Gasteiger partial charge in [0.15, 0.2) is 5.16 Å². The lowest BCUT2D eigenvalue weighted by atomic mass is 10.2. The number of carbonyl (C=O) groups is 1. The number of aromatic nitrogens is 2. The first-order chi connectivity index (χ1) is 14.6. The topological polar surface area (TPSA) is 89.5 Å². The van der Waals surface area contributed by atoms with Crippen molar-refractivity contribution in [1.82, 2.24) is 15.0 Å². The molecule has 4 aromatic rings. The maximum atomic E-state index is 13.1. The Hall–Kier alpha value is -3.65. The fourth-order valence-corrected chi connectivity index (χ4v) is 3.67. The lowest BCUT2D eigenvalue weighted by molar-refractivity contribution is -0.118. The van der Waals surface area contributed by atoms with Crippen LogP contribution in [0.3, 0.4) is 0 Å². The molecule has 0 unspecified atom stereocenters. The number of benzene rings is 2. The number of nitrogens with one attached hydrogen (secondary N) is 1. The van der Waals surface area contributed by atoms with Crippen LogP contribution in [0.15, 0.2) is 92.5 Å². The minimum atomic E-state index is -0.312. The highest BCUT2D eigenvalue weighted by atomic mass is 32.2. The van der Waals surface area contributed by atoms with E-state index in [2.05, 4.69) is 15.5 Å². The van der Waals surface area contributed by atoms with Crippen molar-refractivity contribution in [3.8, 4) is 5.69 Å². The highest BCUT2D eigenvalue weighted by Crippen LogP contribution is 2.21. The number of hydrogen-bond donors (Lipinski definition) is 1. The van der Waals surface area contributed by atoms with Crippen molar-refractivity contribution in [2.75, 3.05) is 5.75 Å². The van der Waals surface area contributed by atoms with E-state index in [-0.39, 0.29) is 17.2 Å². The van der Waals surface area contributed by atoms with Gasteiger partial charge in [0.05, 0.1) is 28.6 Å². The van der Waals surface area contributed by atoms with Gasteiger partial charge in [0.1, 0.15) is 11.5 Å². The van der Waals surface area contributed by atoms with Crippen molar-refractivity contribution < 1.29 is 9.21 Å². The standard InChI is InChI=1S/C22H18N4O3S/c1-15(19-12-7-13-29-19)24-25-20(27)14-30-22-23-18-11-6-5-10-17(18)21(28)26(22)16-8-3-2-4-9-16/h2-13H,14H2,1H3,(H,25,27)/b24-15-. The maximum absolute atomic E-state index is 13.1. The molecule has 2 heterocycles. The molecule has 0 spiro atoms. The zero-order valence-electron chi connectivity index (χ0n) is 16.1. The minimum absolute atomic E-state index is 0.0482. The summed E-state index contributed by atoms with van der Waals surface area (Å²) in [5.74, 6) is 0.317. The second kappa shape index (κ2) is 8.79. The third-order valence-corrected chi connectivity index (χ3v) is 5.26. The lowest BCUT2D eigenvalue weighted by Crippen LogP contribution is -2.24. The zero-order valence-corrected chi connectivity index (χ0v) is 16.9. The number of amides is 1. The van der Waals surface area contributed by atoms with Crippen LogP contribution >= 0.6 is 11.8 Å². The molecule has 2 aromatic heterocycles. The summed E-state index contributed by atoms with van der Waals surface area (Å²) >= 11 is 1.18. The molecule has 30 heavy (non-hydrogen) atoms. The first-order valence-corrected chi connectivity index (χ1v) is 10.2. The Labute approximate surface area is 176 Å². The van der Waals surface area contributed by atoms with Crippen LogP contribution in [0.2, 0.25) is 0 Å². The third-order valence-electron chi connectivity index (χ3n) is 4.32. The molecule has 150 valence electrons. The summed E-state index contributed by atoms with van der Waals surface area (Å²) in [6.45, 7) is 1.74. The summed E-state index contributed by atoms with van der Waals surface area (Å²) in [7, 11) is 0. The molecule has 0 saturated carbocycles. The molecule has 1 N–H and O–H groups in total. The summed E-state index contributed by atoms with van der Waals surface area (Å²) < 4.78 is 6.77. The minimum Gasteiger partial charge on any atom is -0.463 e. The number of carbonyl (C=O) groups excluding carboxylic acids is 1. The fourth-order valence-electron chi connectivity index (χ4n) is 2.86. The molecule has 4 rings (SSSR count). The molecule has 0 aliphatic rings. The molecule has 0 aliphatic heterocycles. The Morgan fingerprint density at radius 1 is 1.10 bits per heavy atom. The maximum Gasteiger partial charge on any atom is 0.266 e. The fraction of sp³-hybridized carbons (Fsp3) is 0.0909. The van der Waals surface area contributed by atoms with Gasteiger partial charge in [-0.25, -0.2) is 10.4 Å². The first kappa shape index (κ1) is 19.7. The number of thioether (sulfide) groups is 1. The van der Waals surface area contributed by atoms with E-state index in [1.165, 1.54) is 16.3 Å². The number of fused-ring (bicyclic) bond motifs is 1. The molecule has 2 aromatic carbocycles. The third kappa shape index (κ3) is 4.18. The van der Waals surface area contributed by atoms with E-state index in [1.807, 2.05) is 36.4 Å². The van der Waals surface area contributed by atoms with E-state index >= 15 is 0 Å². The lowest BCUT2D eigenvalue weighted by Gasteiger charge is -2.12. The number of hydrogen-bond acceptors (Lipinski definition) is 6. The predicted molar refractivity (Wildman–Crippen MR) is 117 cm³/mol. The summed E-state index contributed by atoms with van der Waals surface area (Å²) in [4.78, 5) is 30.0. The average Bonchev–Trinajstić information content (AvgIpc) is 3.32. The monoisotopic (exact) mass is 418 g/mol. The van der Waals surface area contributed by atoms with Crippen molar-refractivity contribution >= 4 is 34.3 Å². The first-order valence-electron chi connectivity index (χ1n) is 9.20. The number of rotatable bonds is 6.